The number of fused-ring (bicyclic) bond motifs is 5. The molecule has 0 nitrogen and oxygen atoms in total. The van der Waals surface area contributed by atoms with Crippen molar-refractivity contribution in [1.29, 1.82) is 0 Å². The molecule has 0 heterocycles. The highest BCUT2D eigenvalue weighted by molar-refractivity contribution is 5.87. The molecule has 4 aromatic rings. The van der Waals surface area contributed by atoms with Crippen LogP contribution in [0, 0.1) is 0 Å². The molecule has 0 saturated carbocycles. The zero-order valence-corrected chi connectivity index (χ0v) is 23.3. The summed E-state index contributed by atoms with van der Waals surface area (Å²) in [6.45, 7) is 14.0. The van der Waals surface area contributed by atoms with E-state index in [-0.39, 0.29) is 16.2 Å². The third-order valence-corrected chi connectivity index (χ3v) is 9.48. The first kappa shape index (κ1) is 23.0. The second-order valence-corrected chi connectivity index (χ2v) is 13.7. The molecule has 37 heavy (non-hydrogen) atoms. The number of rotatable bonds is 2. The average Bonchev–Trinajstić information content (AvgIpc) is 3.10. The van der Waals surface area contributed by atoms with Gasteiger partial charge in [0.25, 0.3) is 0 Å². The summed E-state index contributed by atoms with van der Waals surface area (Å²) in [6, 6.07) is 29.5. The molecule has 0 N–H and O–H groups in total. The van der Waals surface area contributed by atoms with E-state index < -0.39 is 0 Å². The predicted octanol–water partition coefficient (Wildman–Crippen LogP) is 8.84. The van der Waals surface area contributed by atoms with E-state index in [0.717, 1.165) is 0 Å². The number of benzene rings is 4. The minimum Gasteiger partial charge on any atom is -0.0584 e. The highest BCUT2D eigenvalue weighted by atomic mass is 14.5. The van der Waals surface area contributed by atoms with Crippen LogP contribution in [-0.4, -0.2) is 0 Å². The highest BCUT2D eigenvalue weighted by Gasteiger charge is 2.47. The second-order valence-electron chi connectivity index (χ2n) is 13.7. The first-order valence-electron chi connectivity index (χ1n) is 14.1. The molecule has 0 unspecified atom stereocenters. The summed E-state index contributed by atoms with van der Waals surface area (Å²) in [6.07, 6.45) is 4.84. The Morgan fingerprint density at radius 1 is 0.459 bits per heavy atom. The SMILES string of the molecule is CC(C)(C)c1ccc2c(c1)C(c1ccc3c(c1)CC3)(c1ccc3c(c1)CC3)c1cc(C(C)(C)C)ccc1-2. The van der Waals surface area contributed by atoms with Gasteiger partial charge in [0.15, 0.2) is 0 Å². The summed E-state index contributed by atoms with van der Waals surface area (Å²) in [4.78, 5) is 0. The summed E-state index contributed by atoms with van der Waals surface area (Å²) in [7, 11) is 0. The third kappa shape index (κ3) is 3.21. The lowest BCUT2D eigenvalue weighted by Gasteiger charge is -2.38. The summed E-state index contributed by atoms with van der Waals surface area (Å²) >= 11 is 0. The van der Waals surface area contributed by atoms with Crippen LogP contribution in [0.2, 0.25) is 0 Å². The van der Waals surface area contributed by atoms with E-state index in [0.29, 0.717) is 0 Å². The van der Waals surface area contributed by atoms with Crippen LogP contribution in [0.3, 0.4) is 0 Å². The molecule has 0 bridgehead atoms. The standard InChI is InChI=1S/C37H38/c1-35(2,3)27-15-17-31-32-18-16-28(36(4,5)6)22-34(32)37(33(31)21-27,29-13-11-23-7-9-25(23)19-29)30-14-12-24-8-10-26(24)20-30/h11-22H,7-10H2,1-6H3. The smallest absolute Gasteiger partial charge is 0.0584 e. The first-order valence-corrected chi connectivity index (χ1v) is 14.1. The van der Waals surface area contributed by atoms with E-state index in [2.05, 4.69) is 114 Å². The van der Waals surface area contributed by atoms with Gasteiger partial charge < -0.3 is 0 Å². The Kier molecular flexibility index (Phi) is 4.65. The molecule has 3 aliphatic carbocycles. The molecule has 3 aliphatic rings. The van der Waals surface area contributed by atoms with Gasteiger partial charge in [-0.15, -0.1) is 0 Å². The van der Waals surface area contributed by atoms with Crippen LogP contribution < -0.4 is 0 Å². The molecule has 0 saturated heterocycles. The maximum absolute atomic E-state index is 2.55. The fraction of sp³-hybridized carbons (Fsp3) is 0.351. The van der Waals surface area contributed by atoms with E-state index in [1.54, 1.807) is 0 Å². The van der Waals surface area contributed by atoms with Crippen molar-refractivity contribution in [3.05, 3.63) is 128 Å². The van der Waals surface area contributed by atoms with Crippen molar-refractivity contribution in [2.75, 3.05) is 0 Å². The predicted molar refractivity (Wildman–Crippen MR) is 156 cm³/mol. The van der Waals surface area contributed by atoms with Crippen LogP contribution >= 0.6 is 0 Å². The molecule has 0 atom stereocenters. The van der Waals surface area contributed by atoms with Gasteiger partial charge in [-0.25, -0.2) is 0 Å². The van der Waals surface area contributed by atoms with Crippen LogP contribution in [0.5, 0.6) is 0 Å². The van der Waals surface area contributed by atoms with E-state index in [4.69, 9.17) is 0 Å². The van der Waals surface area contributed by atoms with Crippen LogP contribution in [0.15, 0.2) is 72.8 Å². The summed E-state index contributed by atoms with van der Waals surface area (Å²) in [5.74, 6) is 0. The lowest BCUT2D eigenvalue weighted by Crippen LogP contribution is -2.31. The minimum absolute atomic E-state index is 0.0903. The second kappa shape index (κ2) is 7.47. The van der Waals surface area contributed by atoms with Crippen molar-refractivity contribution >= 4 is 0 Å². The van der Waals surface area contributed by atoms with Gasteiger partial charge >= 0.3 is 0 Å². The molecule has 0 radical (unpaired) electrons. The largest absolute Gasteiger partial charge is 0.0713 e. The van der Waals surface area contributed by atoms with E-state index in [9.17, 15) is 0 Å². The van der Waals surface area contributed by atoms with E-state index in [1.807, 2.05) is 0 Å². The van der Waals surface area contributed by atoms with Crippen LogP contribution in [-0.2, 0) is 41.9 Å². The van der Waals surface area contributed by atoms with Gasteiger partial charge in [0, 0.05) is 0 Å². The molecule has 0 fully saturated rings. The number of aryl methyl sites for hydroxylation is 4. The Balaban J connectivity index is 1.63. The van der Waals surface area contributed by atoms with Gasteiger partial charge in [0.2, 0.25) is 0 Å². The topological polar surface area (TPSA) is 0 Å². The lowest BCUT2D eigenvalue weighted by atomic mass is 9.64. The summed E-state index contributed by atoms with van der Waals surface area (Å²) in [5, 5.41) is 0. The van der Waals surface area contributed by atoms with Gasteiger partial charge in [-0.2, -0.15) is 0 Å². The van der Waals surface area contributed by atoms with Crippen molar-refractivity contribution in [3.63, 3.8) is 0 Å². The van der Waals surface area contributed by atoms with Crippen molar-refractivity contribution in [1.82, 2.24) is 0 Å². The minimum atomic E-state index is -0.303. The summed E-state index contributed by atoms with van der Waals surface area (Å²) < 4.78 is 0. The highest BCUT2D eigenvalue weighted by Crippen LogP contribution is 2.58. The van der Waals surface area contributed by atoms with E-state index >= 15 is 0 Å². The van der Waals surface area contributed by atoms with Gasteiger partial charge in [-0.1, -0.05) is 114 Å². The fourth-order valence-corrected chi connectivity index (χ4v) is 6.90. The number of hydrogen-bond donors (Lipinski definition) is 0. The maximum atomic E-state index is 2.55. The quantitative estimate of drug-likeness (QED) is 0.236. The normalized spacial score (nSPS) is 16.7. The molecule has 186 valence electrons. The molecular formula is C37H38. The number of hydrogen-bond acceptors (Lipinski definition) is 0. The van der Waals surface area contributed by atoms with Gasteiger partial charge in [-0.05, 0) is 103 Å². The van der Waals surface area contributed by atoms with Crippen molar-refractivity contribution in [2.24, 2.45) is 0 Å². The zero-order chi connectivity index (χ0) is 25.7. The monoisotopic (exact) mass is 482 g/mol. The molecule has 0 aliphatic heterocycles. The van der Waals surface area contributed by atoms with Gasteiger partial charge in [0.1, 0.15) is 0 Å². The molecule has 4 aromatic carbocycles. The first-order chi connectivity index (χ1) is 17.6. The molecule has 0 amide bonds. The summed E-state index contributed by atoms with van der Waals surface area (Å²) in [5.41, 5.74) is 17.4. The molecule has 7 rings (SSSR count). The Morgan fingerprint density at radius 3 is 1.19 bits per heavy atom. The molecule has 0 aromatic heterocycles. The van der Waals surface area contributed by atoms with Gasteiger partial charge in [-0.3, -0.25) is 0 Å². The zero-order valence-electron chi connectivity index (χ0n) is 23.3. The Bertz CT molecular complexity index is 1460. The lowest BCUT2D eigenvalue weighted by molar-refractivity contribution is 0.586. The molecular weight excluding hydrogens is 444 g/mol. The van der Waals surface area contributed by atoms with Crippen molar-refractivity contribution in [3.8, 4) is 11.1 Å². The van der Waals surface area contributed by atoms with Crippen molar-refractivity contribution < 1.29 is 0 Å². The van der Waals surface area contributed by atoms with Crippen LogP contribution in [0.25, 0.3) is 11.1 Å². The Hall–Kier alpha value is -3.12. The van der Waals surface area contributed by atoms with E-state index in [1.165, 1.54) is 92.4 Å². The van der Waals surface area contributed by atoms with Crippen LogP contribution in [0.4, 0.5) is 0 Å². The average molecular weight is 483 g/mol. The Morgan fingerprint density at radius 2 is 0.865 bits per heavy atom. The van der Waals surface area contributed by atoms with Crippen molar-refractivity contribution in [2.45, 2.75) is 83.5 Å². The fourth-order valence-electron chi connectivity index (χ4n) is 6.90. The van der Waals surface area contributed by atoms with Gasteiger partial charge in [0.05, 0.1) is 5.41 Å². The molecule has 0 heteroatoms. The maximum Gasteiger partial charge on any atom is 0.0713 e. The molecule has 0 spiro atoms. The van der Waals surface area contributed by atoms with Crippen LogP contribution in [0.1, 0.15) is 97.2 Å². The Labute approximate surface area is 222 Å². The third-order valence-electron chi connectivity index (χ3n) is 9.48.